The van der Waals surface area contributed by atoms with Crippen molar-refractivity contribution in [2.45, 2.75) is 77.0 Å². The molecular weight excluding hydrogens is 378 g/mol. The molecule has 29 heavy (non-hydrogen) atoms. The normalized spacial score (nSPS) is 19.5. The van der Waals surface area contributed by atoms with Gasteiger partial charge in [0.2, 0.25) is 17.7 Å². The molecule has 1 rings (SSSR count). The number of rotatable bonds is 11. The maximum absolute atomic E-state index is 12.9. The molecule has 0 bridgehead atoms. The lowest BCUT2D eigenvalue weighted by Gasteiger charge is -2.29. The van der Waals surface area contributed by atoms with E-state index >= 15 is 0 Å². The van der Waals surface area contributed by atoms with Gasteiger partial charge in [-0.1, -0.05) is 13.8 Å². The van der Waals surface area contributed by atoms with Crippen molar-refractivity contribution in [3.8, 4) is 0 Å². The van der Waals surface area contributed by atoms with E-state index in [9.17, 15) is 19.2 Å². The fourth-order valence-electron chi connectivity index (χ4n) is 3.18. The predicted octanol–water partition coefficient (Wildman–Crippen LogP) is -0.836. The van der Waals surface area contributed by atoms with E-state index in [1.165, 1.54) is 11.8 Å². The highest BCUT2D eigenvalue weighted by Crippen LogP contribution is 2.20. The van der Waals surface area contributed by atoms with Crippen LogP contribution >= 0.6 is 0 Å². The van der Waals surface area contributed by atoms with Gasteiger partial charge >= 0.3 is 5.97 Å². The quantitative estimate of drug-likeness (QED) is 0.275. The van der Waals surface area contributed by atoms with Gasteiger partial charge in [0.05, 0.1) is 6.04 Å². The van der Waals surface area contributed by atoms with Crippen molar-refractivity contribution in [2.24, 2.45) is 17.4 Å². The van der Waals surface area contributed by atoms with E-state index in [1.807, 2.05) is 13.8 Å². The summed E-state index contributed by atoms with van der Waals surface area (Å²) < 4.78 is 0. The summed E-state index contributed by atoms with van der Waals surface area (Å²) >= 11 is 0. The molecule has 7 N–H and O–H groups in total. The first kappa shape index (κ1) is 24.8. The first-order chi connectivity index (χ1) is 13.6. The average molecular weight is 414 g/mol. The standard InChI is InChI=1S/C19H35N5O5/c1-11(2)15(21)18(27)24-10-6-8-14(24)17(26)23-13(7-4-5-9-20)16(25)22-12(3)19(28)29/h11-15H,4-10,20-21H2,1-3H3,(H,22,25)(H,23,26)(H,28,29). The highest BCUT2D eigenvalue weighted by atomic mass is 16.4. The van der Waals surface area contributed by atoms with Gasteiger partial charge in [0.15, 0.2) is 0 Å². The fourth-order valence-corrected chi connectivity index (χ4v) is 3.18. The van der Waals surface area contributed by atoms with Crippen molar-refractivity contribution < 1.29 is 24.3 Å². The van der Waals surface area contributed by atoms with Gasteiger partial charge in [-0.15, -0.1) is 0 Å². The van der Waals surface area contributed by atoms with Crippen LogP contribution in [0.5, 0.6) is 0 Å². The van der Waals surface area contributed by atoms with E-state index in [0.717, 1.165) is 0 Å². The zero-order chi connectivity index (χ0) is 22.1. The Kier molecular flexibility index (Phi) is 10.0. The van der Waals surface area contributed by atoms with Crippen molar-refractivity contribution in [2.75, 3.05) is 13.1 Å². The first-order valence-electron chi connectivity index (χ1n) is 10.2. The number of nitrogens with two attached hydrogens (primary N) is 2. The Labute approximate surface area is 171 Å². The third-order valence-electron chi connectivity index (χ3n) is 5.15. The summed E-state index contributed by atoms with van der Waals surface area (Å²) in [6.45, 7) is 5.93. The predicted molar refractivity (Wildman–Crippen MR) is 108 cm³/mol. The van der Waals surface area contributed by atoms with Crippen molar-refractivity contribution in [1.82, 2.24) is 15.5 Å². The second kappa shape index (κ2) is 11.7. The third-order valence-corrected chi connectivity index (χ3v) is 5.15. The molecule has 10 nitrogen and oxygen atoms in total. The van der Waals surface area contributed by atoms with Gasteiger partial charge in [0.1, 0.15) is 18.1 Å². The minimum Gasteiger partial charge on any atom is -0.480 e. The number of carboxylic acids is 1. The fraction of sp³-hybridized carbons (Fsp3) is 0.789. The number of carboxylic acid groups (broad SMARTS) is 1. The summed E-state index contributed by atoms with van der Waals surface area (Å²) in [7, 11) is 0. The number of carbonyl (C=O) groups excluding carboxylic acids is 3. The van der Waals surface area contributed by atoms with Crippen LogP contribution < -0.4 is 22.1 Å². The monoisotopic (exact) mass is 413 g/mol. The van der Waals surface area contributed by atoms with E-state index < -0.39 is 42.0 Å². The summed E-state index contributed by atoms with van der Waals surface area (Å²) in [5.74, 6) is -2.50. The molecule has 0 aromatic heterocycles. The Hall–Kier alpha value is -2.20. The molecule has 0 aromatic rings. The Morgan fingerprint density at radius 2 is 1.79 bits per heavy atom. The van der Waals surface area contributed by atoms with Crippen molar-refractivity contribution in [1.29, 1.82) is 0 Å². The lowest BCUT2D eigenvalue weighted by Crippen LogP contribution is -2.56. The SMILES string of the molecule is CC(NC(=O)C(CCCCN)NC(=O)C1CCCN1C(=O)C(N)C(C)C)C(=O)O. The van der Waals surface area contributed by atoms with E-state index in [1.54, 1.807) is 0 Å². The average Bonchev–Trinajstić information content (AvgIpc) is 3.15. The molecule has 1 aliphatic heterocycles. The lowest BCUT2D eigenvalue weighted by molar-refractivity contribution is -0.143. The van der Waals surface area contributed by atoms with Crippen molar-refractivity contribution >= 4 is 23.7 Å². The van der Waals surface area contributed by atoms with Crippen LogP contribution in [0.25, 0.3) is 0 Å². The minimum atomic E-state index is -1.17. The smallest absolute Gasteiger partial charge is 0.325 e. The molecule has 3 amide bonds. The number of carbonyl (C=O) groups is 4. The third kappa shape index (κ3) is 7.28. The van der Waals surface area contributed by atoms with Gasteiger partial charge in [0, 0.05) is 6.54 Å². The maximum Gasteiger partial charge on any atom is 0.325 e. The summed E-state index contributed by atoms with van der Waals surface area (Å²) in [6, 6.07) is -3.35. The van der Waals surface area contributed by atoms with Crippen LogP contribution in [0, 0.1) is 5.92 Å². The van der Waals surface area contributed by atoms with Crippen LogP contribution in [0.2, 0.25) is 0 Å². The van der Waals surface area contributed by atoms with Gasteiger partial charge in [-0.05, 0) is 51.5 Å². The minimum absolute atomic E-state index is 0.0564. The van der Waals surface area contributed by atoms with Crippen LogP contribution in [0.3, 0.4) is 0 Å². The van der Waals surface area contributed by atoms with E-state index in [4.69, 9.17) is 16.6 Å². The molecule has 166 valence electrons. The molecule has 1 heterocycles. The van der Waals surface area contributed by atoms with Crippen LogP contribution in [-0.4, -0.2) is 71.0 Å². The molecule has 0 aromatic carbocycles. The van der Waals surface area contributed by atoms with Crippen LogP contribution in [0.1, 0.15) is 52.9 Å². The van der Waals surface area contributed by atoms with Crippen LogP contribution in [0.15, 0.2) is 0 Å². The Balaban J connectivity index is 2.84. The molecule has 1 aliphatic rings. The second-order valence-electron chi connectivity index (χ2n) is 7.87. The number of unbranched alkanes of at least 4 members (excludes halogenated alkanes) is 1. The maximum atomic E-state index is 12.9. The largest absolute Gasteiger partial charge is 0.480 e. The number of hydrogen-bond donors (Lipinski definition) is 5. The lowest BCUT2D eigenvalue weighted by atomic mass is 10.0. The van der Waals surface area contributed by atoms with Crippen molar-refractivity contribution in [3.05, 3.63) is 0 Å². The highest BCUT2D eigenvalue weighted by Gasteiger charge is 2.38. The summed E-state index contributed by atoms with van der Waals surface area (Å²) in [4.78, 5) is 50.5. The zero-order valence-corrected chi connectivity index (χ0v) is 17.5. The molecule has 4 unspecified atom stereocenters. The van der Waals surface area contributed by atoms with Gasteiger partial charge in [-0.3, -0.25) is 19.2 Å². The number of amides is 3. The Morgan fingerprint density at radius 1 is 1.14 bits per heavy atom. The van der Waals surface area contributed by atoms with E-state index in [2.05, 4.69) is 10.6 Å². The molecule has 0 spiro atoms. The molecule has 1 fully saturated rings. The summed E-state index contributed by atoms with van der Waals surface area (Å²) in [5, 5.41) is 14.1. The first-order valence-corrected chi connectivity index (χ1v) is 10.2. The van der Waals surface area contributed by atoms with Gasteiger partial charge in [-0.2, -0.15) is 0 Å². The summed E-state index contributed by atoms with van der Waals surface area (Å²) in [5.41, 5.74) is 11.5. The summed E-state index contributed by atoms with van der Waals surface area (Å²) in [6.07, 6.45) is 2.76. The Bertz CT molecular complexity index is 598. The van der Waals surface area contributed by atoms with E-state index in [0.29, 0.717) is 45.2 Å². The molecule has 0 aliphatic carbocycles. The molecule has 0 saturated carbocycles. The van der Waals surface area contributed by atoms with Gasteiger partial charge in [-0.25, -0.2) is 0 Å². The number of hydrogen-bond acceptors (Lipinski definition) is 6. The van der Waals surface area contributed by atoms with Gasteiger partial charge in [0.25, 0.3) is 0 Å². The molecule has 0 radical (unpaired) electrons. The van der Waals surface area contributed by atoms with Crippen molar-refractivity contribution in [3.63, 3.8) is 0 Å². The second-order valence-corrected chi connectivity index (χ2v) is 7.87. The molecular formula is C19H35N5O5. The number of nitrogens with zero attached hydrogens (tertiary/aromatic N) is 1. The molecule has 10 heteroatoms. The number of nitrogens with one attached hydrogen (secondary N) is 2. The van der Waals surface area contributed by atoms with E-state index in [-0.39, 0.29) is 11.8 Å². The highest BCUT2D eigenvalue weighted by molar-refractivity contribution is 5.94. The molecule has 4 atom stereocenters. The zero-order valence-electron chi connectivity index (χ0n) is 17.5. The van der Waals surface area contributed by atoms with Gasteiger partial charge < -0.3 is 32.1 Å². The Morgan fingerprint density at radius 3 is 2.34 bits per heavy atom. The molecule has 1 saturated heterocycles. The van der Waals surface area contributed by atoms with Crippen LogP contribution in [-0.2, 0) is 19.2 Å². The van der Waals surface area contributed by atoms with Crippen LogP contribution in [0.4, 0.5) is 0 Å². The topological polar surface area (TPSA) is 168 Å². The number of aliphatic carboxylic acids is 1. The number of likely N-dealkylation sites (tertiary alicyclic amines) is 1.